The van der Waals surface area contributed by atoms with Gasteiger partial charge in [-0.25, -0.2) is 5.43 Å². The van der Waals surface area contributed by atoms with Crippen LogP contribution in [0.4, 0.5) is 5.00 Å². The third kappa shape index (κ3) is 8.16. The molecule has 2 aromatic rings. The summed E-state index contributed by atoms with van der Waals surface area (Å²) < 4.78 is 5.42. The molecular formula is C27H38N6O3S. The molecule has 0 spiro atoms. The average Bonchev–Trinajstić information content (AvgIpc) is 3.35. The van der Waals surface area contributed by atoms with Gasteiger partial charge in [0.05, 0.1) is 18.1 Å². The van der Waals surface area contributed by atoms with Gasteiger partial charge in [0.25, 0.3) is 11.8 Å². The van der Waals surface area contributed by atoms with Crippen LogP contribution < -0.4 is 21.2 Å². The number of ether oxygens (including phenoxy) is 1. The SMILES string of the molecule is C=CCCC(=C)N(C)NC(=O)c1cc(CNC(=O)c2cccc(CN3CCOCC3)c2)c(N(C)NC)s1. The van der Waals surface area contributed by atoms with E-state index in [0.717, 1.165) is 61.1 Å². The molecule has 3 rings (SSSR count). The third-order valence-corrected chi connectivity index (χ3v) is 7.42. The summed E-state index contributed by atoms with van der Waals surface area (Å²) in [4.78, 5) is 28.8. The minimum absolute atomic E-state index is 0.155. The number of nitrogens with one attached hydrogen (secondary N) is 3. The zero-order chi connectivity index (χ0) is 26.8. The van der Waals surface area contributed by atoms with Crippen LogP contribution in [-0.4, -0.2) is 69.2 Å². The van der Waals surface area contributed by atoms with E-state index in [0.29, 0.717) is 23.4 Å². The molecule has 3 N–H and O–H groups in total. The average molecular weight is 527 g/mol. The van der Waals surface area contributed by atoms with Crippen LogP contribution >= 0.6 is 11.3 Å². The molecule has 0 aliphatic carbocycles. The maximum atomic E-state index is 13.0. The van der Waals surface area contributed by atoms with Crippen LogP contribution in [0, 0.1) is 0 Å². The summed E-state index contributed by atoms with van der Waals surface area (Å²) in [6.07, 6.45) is 3.32. The van der Waals surface area contributed by atoms with E-state index in [9.17, 15) is 9.59 Å². The van der Waals surface area contributed by atoms with Crippen LogP contribution in [0.3, 0.4) is 0 Å². The number of nitrogens with zero attached hydrogens (tertiary/aromatic N) is 3. The van der Waals surface area contributed by atoms with Crippen LogP contribution in [-0.2, 0) is 17.8 Å². The number of thiophene rings is 1. The summed E-state index contributed by atoms with van der Waals surface area (Å²) in [6.45, 7) is 12.1. The number of benzene rings is 1. The topological polar surface area (TPSA) is 89.2 Å². The second-order valence-electron chi connectivity index (χ2n) is 8.89. The van der Waals surface area contributed by atoms with Crippen molar-refractivity contribution in [2.24, 2.45) is 0 Å². The standard InChI is InChI=1S/C27H38N6O3S/c1-6-7-9-20(2)31(4)30-26(35)24-17-23(27(37-24)32(5)28-3)18-29-25(34)22-11-8-10-21(16-22)19-33-12-14-36-15-13-33/h6,8,10-11,16-17,28H,1-2,7,9,12-15,18-19H2,3-5H3,(H,29,34)(H,30,35). The number of anilines is 1. The molecule has 2 amide bonds. The second-order valence-corrected chi connectivity index (χ2v) is 9.92. The van der Waals surface area contributed by atoms with Crippen LogP contribution in [0.25, 0.3) is 0 Å². The smallest absolute Gasteiger partial charge is 0.279 e. The van der Waals surface area contributed by atoms with Crippen molar-refractivity contribution in [1.29, 1.82) is 0 Å². The summed E-state index contributed by atoms with van der Waals surface area (Å²) in [5.74, 6) is -0.385. The zero-order valence-corrected chi connectivity index (χ0v) is 22.8. The molecule has 1 saturated heterocycles. The molecule has 1 aromatic heterocycles. The van der Waals surface area contributed by atoms with Gasteiger partial charge in [0, 0.05) is 64.1 Å². The van der Waals surface area contributed by atoms with Crippen molar-refractivity contribution in [3.05, 3.63) is 76.8 Å². The van der Waals surface area contributed by atoms with Gasteiger partial charge in [-0.05, 0) is 36.6 Å². The molecule has 10 heteroatoms. The Morgan fingerprint density at radius 2 is 1.95 bits per heavy atom. The molecule has 0 saturated carbocycles. The minimum atomic E-state index is -0.230. The van der Waals surface area contributed by atoms with Gasteiger partial charge >= 0.3 is 0 Å². The van der Waals surface area contributed by atoms with Gasteiger partial charge in [0.1, 0.15) is 5.00 Å². The van der Waals surface area contributed by atoms with E-state index in [1.807, 2.05) is 48.5 Å². The lowest BCUT2D eigenvalue weighted by atomic mass is 10.1. The number of hydrogen-bond donors (Lipinski definition) is 3. The number of rotatable bonds is 13. The number of allylic oxidation sites excluding steroid dienone is 2. The third-order valence-electron chi connectivity index (χ3n) is 6.17. The number of hydrazine groups is 2. The van der Waals surface area contributed by atoms with E-state index in [4.69, 9.17) is 4.74 Å². The predicted molar refractivity (Wildman–Crippen MR) is 149 cm³/mol. The van der Waals surface area contributed by atoms with Gasteiger partial charge in [-0.1, -0.05) is 24.8 Å². The maximum Gasteiger partial charge on any atom is 0.279 e. The summed E-state index contributed by atoms with van der Waals surface area (Å²) in [5.41, 5.74) is 9.29. The molecule has 37 heavy (non-hydrogen) atoms. The molecule has 0 atom stereocenters. The van der Waals surface area contributed by atoms with Crippen molar-refractivity contribution in [2.75, 3.05) is 52.5 Å². The highest BCUT2D eigenvalue weighted by Crippen LogP contribution is 2.30. The van der Waals surface area contributed by atoms with Gasteiger partial charge < -0.3 is 15.1 Å². The molecule has 9 nitrogen and oxygen atoms in total. The van der Waals surface area contributed by atoms with Crippen LogP contribution in [0.15, 0.2) is 55.3 Å². The Kier molecular flexibility index (Phi) is 10.7. The van der Waals surface area contributed by atoms with Crippen molar-refractivity contribution in [1.82, 2.24) is 26.1 Å². The summed E-state index contributed by atoms with van der Waals surface area (Å²) in [5, 5.41) is 7.33. The Balaban J connectivity index is 1.66. The highest BCUT2D eigenvalue weighted by atomic mass is 32.1. The zero-order valence-electron chi connectivity index (χ0n) is 22.0. The van der Waals surface area contributed by atoms with Crippen LogP contribution in [0.5, 0.6) is 0 Å². The Morgan fingerprint density at radius 1 is 1.19 bits per heavy atom. The molecule has 1 aliphatic heterocycles. The highest BCUT2D eigenvalue weighted by Gasteiger charge is 2.19. The van der Waals surface area contributed by atoms with Gasteiger partial charge in [-0.3, -0.25) is 24.9 Å². The molecular weight excluding hydrogens is 488 g/mol. The van der Waals surface area contributed by atoms with Crippen molar-refractivity contribution in [3.8, 4) is 0 Å². The van der Waals surface area contributed by atoms with Crippen LogP contribution in [0.2, 0.25) is 0 Å². The molecule has 0 unspecified atom stereocenters. The fourth-order valence-corrected chi connectivity index (χ4v) is 4.91. The normalized spacial score (nSPS) is 13.6. The van der Waals surface area contributed by atoms with E-state index in [-0.39, 0.29) is 11.8 Å². The molecule has 1 aromatic carbocycles. The number of carbonyl (C=O) groups is 2. The Labute approximate surface area is 223 Å². The van der Waals surface area contributed by atoms with Gasteiger partial charge in [-0.2, -0.15) is 0 Å². The molecule has 1 fully saturated rings. The first-order valence-electron chi connectivity index (χ1n) is 12.4. The van der Waals surface area contributed by atoms with E-state index in [1.165, 1.54) is 11.3 Å². The first-order valence-corrected chi connectivity index (χ1v) is 13.2. The van der Waals surface area contributed by atoms with Crippen molar-refractivity contribution >= 4 is 28.2 Å². The van der Waals surface area contributed by atoms with E-state index in [1.54, 1.807) is 19.1 Å². The van der Waals surface area contributed by atoms with Crippen molar-refractivity contribution in [3.63, 3.8) is 0 Å². The Bertz CT molecular complexity index is 1100. The lowest BCUT2D eigenvalue weighted by Gasteiger charge is -2.26. The second kappa shape index (κ2) is 13.9. The Morgan fingerprint density at radius 3 is 2.65 bits per heavy atom. The largest absolute Gasteiger partial charge is 0.379 e. The van der Waals surface area contributed by atoms with Gasteiger partial charge in [0.2, 0.25) is 0 Å². The van der Waals surface area contributed by atoms with Gasteiger partial charge in [0.15, 0.2) is 0 Å². The Hall–Kier alpha value is -3.18. The lowest BCUT2D eigenvalue weighted by molar-refractivity contribution is 0.0342. The monoisotopic (exact) mass is 526 g/mol. The lowest BCUT2D eigenvalue weighted by Crippen LogP contribution is -2.38. The minimum Gasteiger partial charge on any atom is -0.379 e. The first kappa shape index (κ1) is 28.4. The molecule has 0 radical (unpaired) electrons. The van der Waals surface area contributed by atoms with E-state index >= 15 is 0 Å². The molecule has 2 heterocycles. The summed E-state index contributed by atoms with van der Waals surface area (Å²) in [6, 6.07) is 9.53. The van der Waals surface area contributed by atoms with E-state index in [2.05, 4.69) is 34.2 Å². The molecule has 200 valence electrons. The number of hydrogen-bond acceptors (Lipinski definition) is 8. The molecule has 0 bridgehead atoms. The van der Waals surface area contributed by atoms with Crippen LogP contribution in [0.1, 0.15) is 44.0 Å². The number of morpholine rings is 1. The predicted octanol–water partition coefficient (Wildman–Crippen LogP) is 3.14. The fraction of sp³-hybridized carbons (Fsp3) is 0.407. The first-order chi connectivity index (χ1) is 17.8. The summed E-state index contributed by atoms with van der Waals surface area (Å²) in [7, 11) is 5.45. The maximum absolute atomic E-state index is 13.0. The number of carbonyl (C=O) groups excluding carboxylic acids is 2. The quantitative estimate of drug-likeness (QED) is 0.273. The molecule has 1 aliphatic rings. The van der Waals surface area contributed by atoms with Gasteiger partial charge in [-0.15, -0.1) is 17.9 Å². The van der Waals surface area contributed by atoms with Crippen molar-refractivity contribution < 1.29 is 14.3 Å². The fourth-order valence-electron chi connectivity index (χ4n) is 3.87. The summed E-state index contributed by atoms with van der Waals surface area (Å²) >= 11 is 1.35. The highest BCUT2D eigenvalue weighted by molar-refractivity contribution is 7.18. The van der Waals surface area contributed by atoms with Crippen molar-refractivity contribution in [2.45, 2.75) is 25.9 Å². The van der Waals surface area contributed by atoms with E-state index < -0.39 is 0 Å². The number of amides is 2.